The van der Waals surface area contributed by atoms with Crippen molar-refractivity contribution in [3.05, 3.63) is 29.3 Å². The van der Waals surface area contributed by atoms with E-state index in [1.807, 2.05) is 0 Å². The fourth-order valence-corrected chi connectivity index (χ4v) is 1.95. The summed E-state index contributed by atoms with van der Waals surface area (Å²) in [6.45, 7) is 2.97. The Hall–Kier alpha value is -1.67. The number of hydrogen-bond donors (Lipinski definition) is 1. The van der Waals surface area contributed by atoms with Crippen molar-refractivity contribution in [1.29, 1.82) is 5.26 Å². The highest BCUT2D eigenvalue weighted by molar-refractivity contribution is 5.52. The lowest BCUT2D eigenvalue weighted by Gasteiger charge is -2.22. The van der Waals surface area contributed by atoms with Crippen molar-refractivity contribution in [3.8, 4) is 6.07 Å². The molecule has 17 heavy (non-hydrogen) atoms. The third kappa shape index (κ3) is 2.53. The number of anilines is 1. The Labute approximate surface area is 98.6 Å². The van der Waals surface area contributed by atoms with Crippen LogP contribution in [-0.2, 0) is 0 Å². The fraction of sp³-hybridized carbons (Fsp3) is 0.417. The van der Waals surface area contributed by atoms with Crippen LogP contribution in [0.5, 0.6) is 0 Å². The lowest BCUT2D eigenvalue weighted by molar-refractivity contribution is 0.590. The molecule has 1 aromatic rings. The van der Waals surface area contributed by atoms with Gasteiger partial charge in [0.15, 0.2) is 0 Å². The average Bonchev–Trinajstić information content (AvgIpc) is 2.60. The SMILES string of the molecule is N#Cc1cc(F)c(N2CCCNCC2)cc1F. The summed E-state index contributed by atoms with van der Waals surface area (Å²) in [4.78, 5) is 1.81. The van der Waals surface area contributed by atoms with Gasteiger partial charge in [-0.25, -0.2) is 8.78 Å². The molecular formula is C12H13F2N3. The second-order valence-electron chi connectivity index (χ2n) is 3.99. The van der Waals surface area contributed by atoms with E-state index in [4.69, 9.17) is 5.26 Å². The predicted octanol–water partition coefficient (Wildman–Crippen LogP) is 1.64. The quantitative estimate of drug-likeness (QED) is 0.807. The highest BCUT2D eigenvalue weighted by Crippen LogP contribution is 2.23. The van der Waals surface area contributed by atoms with Gasteiger partial charge in [-0.05, 0) is 19.0 Å². The smallest absolute Gasteiger partial charge is 0.148 e. The summed E-state index contributed by atoms with van der Waals surface area (Å²) in [6, 6.07) is 3.70. The van der Waals surface area contributed by atoms with Crippen LogP contribution in [0.4, 0.5) is 14.5 Å². The van der Waals surface area contributed by atoms with Gasteiger partial charge in [0.2, 0.25) is 0 Å². The Balaban J connectivity index is 2.31. The van der Waals surface area contributed by atoms with E-state index < -0.39 is 11.6 Å². The molecule has 0 unspecified atom stereocenters. The first-order valence-electron chi connectivity index (χ1n) is 5.57. The second-order valence-corrected chi connectivity index (χ2v) is 3.99. The Morgan fingerprint density at radius 1 is 1.18 bits per heavy atom. The zero-order valence-corrected chi connectivity index (χ0v) is 9.34. The van der Waals surface area contributed by atoms with E-state index in [2.05, 4.69) is 5.32 Å². The lowest BCUT2D eigenvalue weighted by Crippen LogP contribution is -2.28. The van der Waals surface area contributed by atoms with Crippen molar-refractivity contribution < 1.29 is 8.78 Å². The number of nitrogens with one attached hydrogen (secondary N) is 1. The summed E-state index contributed by atoms with van der Waals surface area (Å²) >= 11 is 0. The summed E-state index contributed by atoms with van der Waals surface area (Å²) < 4.78 is 27.2. The molecule has 0 bridgehead atoms. The van der Waals surface area contributed by atoms with Gasteiger partial charge in [0.1, 0.15) is 17.7 Å². The number of rotatable bonds is 1. The number of nitrogens with zero attached hydrogens (tertiary/aromatic N) is 2. The Kier molecular flexibility index (Phi) is 3.55. The van der Waals surface area contributed by atoms with Gasteiger partial charge in [-0.2, -0.15) is 5.26 Å². The van der Waals surface area contributed by atoms with Gasteiger partial charge in [0.05, 0.1) is 11.3 Å². The molecule has 0 aromatic heterocycles. The maximum atomic E-state index is 13.8. The summed E-state index contributed by atoms with van der Waals surface area (Å²) in [5, 5.41) is 11.8. The van der Waals surface area contributed by atoms with Crippen LogP contribution in [0, 0.1) is 23.0 Å². The van der Waals surface area contributed by atoms with Crippen molar-refractivity contribution in [2.24, 2.45) is 0 Å². The molecule has 0 saturated carbocycles. The monoisotopic (exact) mass is 237 g/mol. The van der Waals surface area contributed by atoms with Crippen molar-refractivity contribution in [3.63, 3.8) is 0 Å². The number of benzene rings is 1. The Morgan fingerprint density at radius 2 is 2.00 bits per heavy atom. The highest BCUT2D eigenvalue weighted by atomic mass is 19.1. The lowest BCUT2D eigenvalue weighted by atomic mass is 10.2. The zero-order chi connectivity index (χ0) is 12.3. The average molecular weight is 237 g/mol. The molecule has 1 aliphatic rings. The van der Waals surface area contributed by atoms with Crippen LogP contribution < -0.4 is 10.2 Å². The largest absolute Gasteiger partial charge is 0.368 e. The highest BCUT2D eigenvalue weighted by Gasteiger charge is 2.16. The molecule has 1 N–H and O–H groups in total. The molecule has 3 nitrogen and oxygen atoms in total. The van der Waals surface area contributed by atoms with E-state index in [-0.39, 0.29) is 11.3 Å². The minimum absolute atomic E-state index is 0.241. The van der Waals surface area contributed by atoms with Crippen LogP contribution in [0.15, 0.2) is 12.1 Å². The topological polar surface area (TPSA) is 39.1 Å². The van der Waals surface area contributed by atoms with E-state index in [1.54, 1.807) is 11.0 Å². The molecule has 0 amide bonds. The van der Waals surface area contributed by atoms with Crippen LogP contribution >= 0.6 is 0 Å². The van der Waals surface area contributed by atoms with E-state index in [9.17, 15) is 8.78 Å². The van der Waals surface area contributed by atoms with Crippen LogP contribution in [0.25, 0.3) is 0 Å². The zero-order valence-electron chi connectivity index (χ0n) is 9.34. The van der Waals surface area contributed by atoms with Crippen molar-refractivity contribution in [2.75, 3.05) is 31.1 Å². The summed E-state index contributed by atoms with van der Waals surface area (Å²) in [6.07, 6.45) is 0.890. The van der Waals surface area contributed by atoms with E-state index >= 15 is 0 Å². The normalized spacial score (nSPS) is 16.4. The van der Waals surface area contributed by atoms with E-state index in [0.29, 0.717) is 13.1 Å². The standard InChI is InChI=1S/C12H13F2N3/c13-10-7-12(11(14)6-9(10)8-15)17-4-1-2-16-3-5-17/h6-7,16H,1-5H2. The van der Waals surface area contributed by atoms with Crippen LogP contribution in [0.2, 0.25) is 0 Å². The number of nitriles is 1. The molecule has 1 fully saturated rings. The molecule has 1 aromatic carbocycles. The van der Waals surface area contributed by atoms with Gasteiger partial charge < -0.3 is 10.2 Å². The van der Waals surface area contributed by atoms with Gasteiger partial charge in [-0.15, -0.1) is 0 Å². The van der Waals surface area contributed by atoms with Crippen LogP contribution in [-0.4, -0.2) is 26.2 Å². The Bertz CT molecular complexity index is 446. The van der Waals surface area contributed by atoms with Crippen molar-refractivity contribution >= 4 is 5.69 Å². The summed E-state index contributed by atoms with van der Waals surface area (Å²) in [5.41, 5.74) is -0.00982. The van der Waals surface area contributed by atoms with Gasteiger partial charge in [0.25, 0.3) is 0 Å². The second kappa shape index (κ2) is 5.11. The number of hydrogen-bond acceptors (Lipinski definition) is 3. The molecule has 1 heterocycles. The molecular weight excluding hydrogens is 224 g/mol. The van der Waals surface area contributed by atoms with Crippen LogP contribution in [0.3, 0.4) is 0 Å². The maximum absolute atomic E-state index is 13.8. The van der Waals surface area contributed by atoms with Gasteiger partial charge in [-0.3, -0.25) is 0 Å². The van der Waals surface area contributed by atoms with E-state index in [0.717, 1.165) is 31.6 Å². The van der Waals surface area contributed by atoms with Crippen molar-refractivity contribution in [2.45, 2.75) is 6.42 Å². The minimum atomic E-state index is -0.666. The molecule has 0 radical (unpaired) electrons. The summed E-state index contributed by atoms with van der Waals surface area (Å²) in [5.74, 6) is -1.20. The van der Waals surface area contributed by atoms with Gasteiger partial charge in [-0.1, -0.05) is 0 Å². The number of halogens is 2. The fourth-order valence-electron chi connectivity index (χ4n) is 1.95. The first kappa shape index (κ1) is 11.8. The first-order valence-corrected chi connectivity index (χ1v) is 5.57. The third-order valence-electron chi connectivity index (χ3n) is 2.84. The molecule has 0 spiro atoms. The minimum Gasteiger partial charge on any atom is -0.368 e. The molecule has 2 rings (SSSR count). The first-order chi connectivity index (χ1) is 8.22. The molecule has 1 saturated heterocycles. The predicted molar refractivity (Wildman–Crippen MR) is 60.8 cm³/mol. The third-order valence-corrected chi connectivity index (χ3v) is 2.84. The van der Waals surface area contributed by atoms with Gasteiger partial charge >= 0.3 is 0 Å². The molecule has 0 aliphatic carbocycles. The van der Waals surface area contributed by atoms with Crippen LogP contribution in [0.1, 0.15) is 12.0 Å². The molecule has 1 aliphatic heterocycles. The van der Waals surface area contributed by atoms with Crippen molar-refractivity contribution in [1.82, 2.24) is 5.32 Å². The van der Waals surface area contributed by atoms with Gasteiger partial charge in [0, 0.05) is 25.7 Å². The molecule has 5 heteroatoms. The maximum Gasteiger partial charge on any atom is 0.148 e. The Morgan fingerprint density at radius 3 is 2.76 bits per heavy atom. The molecule has 90 valence electrons. The summed E-state index contributed by atoms with van der Waals surface area (Å²) in [7, 11) is 0. The molecule has 0 atom stereocenters. The van der Waals surface area contributed by atoms with E-state index in [1.165, 1.54) is 0 Å².